The van der Waals surface area contributed by atoms with E-state index in [4.69, 9.17) is 28.4 Å². The smallest absolute Gasteiger partial charge is 0.219 e. The fourth-order valence-corrected chi connectivity index (χ4v) is 2.92. The minimum Gasteiger partial charge on any atom is -0.382 e. The lowest BCUT2D eigenvalue weighted by Gasteiger charge is -2.22. The fraction of sp³-hybridized carbons (Fsp3) is 0.929. The number of carbonyl (C=O) groups excluding carboxylic acids is 2. The highest BCUT2D eigenvalue weighted by Gasteiger charge is 2.15. The van der Waals surface area contributed by atoms with Gasteiger partial charge in [-0.1, -0.05) is 13.8 Å². The first-order valence-electron chi connectivity index (χ1n) is 13.5. The molecule has 0 N–H and O–H groups in total. The van der Waals surface area contributed by atoms with Crippen LogP contribution in [-0.4, -0.2) is 121 Å². The first-order valence-corrected chi connectivity index (χ1v) is 13.5. The molecule has 230 valence electrons. The second-order valence-corrected chi connectivity index (χ2v) is 9.78. The summed E-state index contributed by atoms with van der Waals surface area (Å²) in [6.45, 7) is 18.9. The summed E-state index contributed by atoms with van der Waals surface area (Å²) in [5.74, 6) is 0.644. The van der Waals surface area contributed by atoms with Gasteiger partial charge in [-0.2, -0.15) is 0 Å². The lowest BCUT2D eigenvalue weighted by Crippen LogP contribution is -2.37. The highest BCUT2D eigenvalue weighted by Crippen LogP contribution is 2.12. The summed E-state index contributed by atoms with van der Waals surface area (Å²) in [5.41, 5.74) is 0. The zero-order valence-corrected chi connectivity index (χ0v) is 26.7. The van der Waals surface area contributed by atoms with E-state index in [1.165, 1.54) is 13.8 Å². The van der Waals surface area contributed by atoms with E-state index in [0.717, 1.165) is 19.4 Å². The van der Waals surface area contributed by atoms with Crippen molar-refractivity contribution in [2.45, 2.75) is 92.6 Å². The van der Waals surface area contributed by atoms with E-state index >= 15 is 0 Å². The molecule has 0 bridgehead atoms. The summed E-state index contributed by atoms with van der Waals surface area (Å²) in [6, 6.07) is 0. The van der Waals surface area contributed by atoms with Crippen LogP contribution < -0.4 is 0 Å². The van der Waals surface area contributed by atoms with Gasteiger partial charge in [0.05, 0.1) is 37.6 Å². The molecule has 38 heavy (non-hydrogen) atoms. The maximum atomic E-state index is 11.0. The van der Waals surface area contributed by atoms with Crippen molar-refractivity contribution in [2.24, 2.45) is 5.92 Å². The standard InChI is InChI=1S/C10H22O3.C9H18N2O2.C9H20O3/c1-8(11-3)6-10(13-5)7-9(2)12-4;1-5-11(9(3)13)7-6-10(4)8(2)12;1-8(2)5-11-7-12-9(3)6-10-4/h8-10H,6-7H2,1-5H3;5-7H2,1-4H3;8-9H,5-7H2,1-4H3. The van der Waals surface area contributed by atoms with Crippen molar-refractivity contribution in [1.82, 2.24) is 9.80 Å². The van der Waals surface area contributed by atoms with E-state index in [-0.39, 0.29) is 36.2 Å². The van der Waals surface area contributed by atoms with Crippen LogP contribution in [0.5, 0.6) is 0 Å². The Morgan fingerprint density at radius 2 is 1.26 bits per heavy atom. The minimum atomic E-state index is 0.0274. The lowest BCUT2D eigenvalue weighted by atomic mass is 10.1. The number of amides is 2. The molecule has 0 aliphatic carbocycles. The molecule has 3 unspecified atom stereocenters. The monoisotopic (exact) mass is 552 g/mol. The summed E-state index contributed by atoms with van der Waals surface area (Å²) in [5, 5.41) is 0. The molecule has 0 radical (unpaired) electrons. The highest BCUT2D eigenvalue weighted by atomic mass is 16.7. The molecule has 10 heteroatoms. The summed E-state index contributed by atoms with van der Waals surface area (Å²) in [6.07, 6.45) is 2.66. The number of carbonyl (C=O) groups is 2. The van der Waals surface area contributed by atoms with Crippen molar-refractivity contribution < 1.29 is 38.0 Å². The normalized spacial score (nSPS) is 13.8. The van der Waals surface area contributed by atoms with Crippen LogP contribution in [0.4, 0.5) is 0 Å². The number of rotatable bonds is 18. The van der Waals surface area contributed by atoms with Crippen LogP contribution >= 0.6 is 0 Å². The van der Waals surface area contributed by atoms with E-state index in [9.17, 15) is 9.59 Å². The number of hydrogen-bond donors (Lipinski definition) is 0. The van der Waals surface area contributed by atoms with E-state index in [1.54, 1.807) is 45.3 Å². The number of likely N-dealkylation sites (N-methyl/N-ethyl adjacent to an activating group) is 2. The van der Waals surface area contributed by atoms with Gasteiger partial charge in [0, 0.05) is 69.0 Å². The molecule has 0 saturated carbocycles. The summed E-state index contributed by atoms with van der Waals surface area (Å²) in [7, 11) is 8.56. The van der Waals surface area contributed by atoms with Gasteiger partial charge in [-0.3, -0.25) is 9.59 Å². The Hall–Kier alpha value is -1.30. The number of ether oxygens (including phenoxy) is 6. The highest BCUT2D eigenvalue weighted by molar-refractivity contribution is 5.74. The van der Waals surface area contributed by atoms with Crippen LogP contribution in [0.2, 0.25) is 0 Å². The Kier molecular flexibility index (Phi) is 29.6. The molecule has 0 aromatic carbocycles. The summed E-state index contributed by atoms with van der Waals surface area (Å²) < 4.78 is 31.1. The summed E-state index contributed by atoms with van der Waals surface area (Å²) >= 11 is 0. The average molecular weight is 553 g/mol. The van der Waals surface area contributed by atoms with Crippen molar-refractivity contribution in [3.05, 3.63) is 0 Å². The Morgan fingerprint density at radius 3 is 1.61 bits per heavy atom. The zero-order valence-electron chi connectivity index (χ0n) is 26.7. The van der Waals surface area contributed by atoms with Crippen molar-refractivity contribution in [3.63, 3.8) is 0 Å². The molecule has 10 nitrogen and oxygen atoms in total. The maximum absolute atomic E-state index is 11.0. The predicted molar refractivity (Wildman–Crippen MR) is 152 cm³/mol. The van der Waals surface area contributed by atoms with E-state index in [0.29, 0.717) is 39.0 Å². The fourth-order valence-electron chi connectivity index (χ4n) is 2.92. The molecule has 3 atom stereocenters. The van der Waals surface area contributed by atoms with Crippen molar-refractivity contribution >= 4 is 11.8 Å². The molecule has 0 heterocycles. The van der Waals surface area contributed by atoms with E-state index in [1.807, 2.05) is 27.7 Å². The van der Waals surface area contributed by atoms with Crippen LogP contribution in [0.25, 0.3) is 0 Å². The summed E-state index contributed by atoms with van der Waals surface area (Å²) in [4.78, 5) is 25.1. The zero-order chi connectivity index (χ0) is 30.1. The molecule has 0 fully saturated rings. The van der Waals surface area contributed by atoms with Crippen LogP contribution in [-0.2, 0) is 38.0 Å². The van der Waals surface area contributed by atoms with Gasteiger partial charge in [0.2, 0.25) is 11.8 Å². The molecular formula is C28H60N2O8. The Labute approximate surface area is 233 Å². The lowest BCUT2D eigenvalue weighted by molar-refractivity contribution is -0.131. The van der Waals surface area contributed by atoms with Gasteiger partial charge in [0.1, 0.15) is 6.79 Å². The second kappa shape index (κ2) is 27.3. The number of hydrogen-bond acceptors (Lipinski definition) is 8. The molecule has 0 rings (SSSR count). The molecule has 0 saturated heterocycles. The van der Waals surface area contributed by atoms with Gasteiger partial charge >= 0.3 is 0 Å². The van der Waals surface area contributed by atoms with Crippen LogP contribution in [0.1, 0.15) is 68.2 Å². The van der Waals surface area contributed by atoms with Crippen LogP contribution in [0, 0.1) is 5.92 Å². The van der Waals surface area contributed by atoms with Crippen molar-refractivity contribution in [3.8, 4) is 0 Å². The average Bonchev–Trinajstić information content (AvgIpc) is 2.86. The van der Waals surface area contributed by atoms with Crippen molar-refractivity contribution in [1.29, 1.82) is 0 Å². The number of methoxy groups -OCH3 is 4. The first-order chi connectivity index (χ1) is 17.8. The van der Waals surface area contributed by atoms with Gasteiger partial charge in [-0.25, -0.2) is 0 Å². The molecule has 0 aromatic rings. The van der Waals surface area contributed by atoms with Gasteiger partial charge in [-0.05, 0) is 46.5 Å². The third-order valence-corrected chi connectivity index (χ3v) is 5.69. The van der Waals surface area contributed by atoms with Gasteiger partial charge < -0.3 is 38.2 Å². The topological polar surface area (TPSA) is 96.0 Å². The quantitative estimate of drug-likeness (QED) is 0.187. The Balaban J connectivity index is -0.000000484. The molecule has 0 spiro atoms. The van der Waals surface area contributed by atoms with Gasteiger partial charge in [-0.15, -0.1) is 0 Å². The molecule has 2 amide bonds. The predicted octanol–water partition coefficient (Wildman–Crippen LogP) is 3.85. The van der Waals surface area contributed by atoms with Crippen LogP contribution in [0.3, 0.4) is 0 Å². The third kappa shape index (κ3) is 27.7. The Morgan fingerprint density at radius 1 is 0.737 bits per heavy atom. The molecule has 0 aromatic heterocycles. The maximum Gasteiger partial charge on any atom is 0.219 e. The van der Waals surface area contributed by atoms with Crippen LogP contribution in [0.15, 0.2) is 0 Å². The molecule has 0 aliphatic heterocycles. The first kappa shape index (κ1) is 41.2. The van der Waals surface area contributed by atoms with Gasteiger partial charge in [0.25, 0.3) is 0 Å². The molecular weight excluding hydrogens is 492 g/mol. The minimum absolute atomic E-state index is 0.0274. The Bertz CT molecular complexity index is 539. The van der Waals surface area contributed by atoms with Crippen molar-refractivity contribution in [2.75, 3.05) is 75.1 Å². The second-order valence-electron chi connectivity index (χ2n) is 9.78. The SMILES string of the molecule is CCN(CCN(C)C(C)=O)C(C)=O.COC(C)CC(CC(C)OC)OC.COCC(C)OCOCC(C)C. The van der Waals surface area contributed by atoms with E-state index in [2.05, 4.69) is 13.8 Å². The third-order valence-electron chi connectivity index (χ3n) is 5.69. The molecule has 0 aliphatic rings. The van der Waals surface area contributed by atoms with Gasteiger partial charge in [0.15, 0.2) is 0 Å². The van der Waals surface area contributed by atoms with E-state index < -0.39 is 0 Å². The number of nitrogens with zero attached hydrogens (tertiary/aromatic N) is 2. The largest absolute Gasteiger partial charge is 0.382 e.